The zero-order valence-corrected chi connectivity index (χ0v) is 7.17. The summed E-state index contributed by atoms with van der Waals surface area (Å²) in [5.41, 5.74) is 5.52. The lowest BCUT2D eigenvalue weighted by atomic mass is 10.1. The Morgan fingerprint density at radius 3 is 2.64 bits per heavy atom. The first-order chi connectivity index (χ1) is 6.40. The van der Waals surface area contributed by atoms with Gasteiger partial charge in [0.15, 0.2) is 0 Å². The highest BCUT2D eigenvalue weighted by molar-refractivity contribution is 5.38. The SMILES string of the molecule is Nc1[nH]ncc1C(O)CCC(F)(F)F. The Labute approximate surface area is 77.9 Å². The fraction of sp³-hybridized carbons (Fsp3) is 0.571. The Kier molecular flexibility index (Phi) is 3.00. The van der Waals surface area contributed by atoms with Crippen LogP contribution in [0.3, 0.4) is 0 Å². The maximum absolute atomic E-state index is 11.8. The quantitative estimate of drug-likeness (QED) is 0.703. The number of rotatable bonds is 3. The molecule has 4 nitrogen and oxygen atoms in total. The second kappa shape index (κ2) is 3.87. The van der Waals surface area contributed by atoms with Crippen molar-refractivity contribution in [3.63, 3.8) is 0 Å². The fourth-order valence-electron chi connectivity index (χ4n) is 1.03. The smallest absolute Gasteiger partial charge is 0.388 e. The van der Waals surface area contributed by atoms with E-state index in [0.717, 1.165) is 0 Å². The number of alkyl halides is 3. The van der Waals surface area contributed by atoms with E-state index in [1.54, 1.807) is 0 Å². The number of H-pyrrole nitrogens is 1. The van der Waals surface area contributed by atoms with Crippen LogP contribution < -0.4 is 5.73 Å². The number of nitrogens with one attached hydrogen (secondary N) is 1. The second-order valence-electron chi connectivity index (χ2n) is 2.91. The van der Waals surface area contributed by atoms with Gasteiger partial charge in [-0.05, 0) is 6.42 Å². The third-order valence-electron chi connectivity index (χ3n) is 1.76. The van der Waals surface area contributed by atoms with Gasteiger partial charge in [0.1, 0.15) is 5.82 Å². The summed E-state index contributed by atoms with van der Waals surface area (Å²) in [6.45, 7) is 0. The summed E-state index contributed by atoms with van der Waals surface area (Å²) in [5, 5.41) is 15.1. The van der Waals surface area contributed by atoms with Crippen LogP contribution in [-0.2, 0) is 0 Å². The van der Waals surface area contributed by atoms with E-state index < -0.39 is 25.1 Å². The van der Waals surface area contributed by atoms with Gasteiger partial charge in [-0.3, -0.25) is 5.10 Å². The summed E-state index contributed by atoms with van der Waals surface area (Å²) in [6.07, 6.45) is -5.72. The molecule has 0 aliphatic carbocycles. The maximum Gasteiger partial charge on any atom is 0.389 e. The number of nitrogen functional groups attached to an aromatic ring is 1. The van der Waals surface area contributed by atoms with Gasteiger partial charge in [-0.2, -0.15) is 18.3 Å². The van der Waals surface area contributed by atoms with E-state index in [4.69, 9.17) is 5.73 Å². The van der Waals surface area contributed by atoms with Crippen LogP contribution in [0.4, 0.5) is 19.0 Å². The first-order valence-corrected chi connectivity index (χ1v) is 3.93. The molecule has 1 heterocycles. The summed E-state index contributed by atoms with van der Waals surface area (Å²) in [4.78, 5) is 0. The summed E-state index contributed by atoms with van der Waals surface area (Å²) in [6, 6.07) is 0. The van der Waals surface area contributed by atoms with Crippen molar-refractivity contribution in [2.45, 2.75) is 25.1 Å². The van der Waals surface area contributed by atoms with E-state index in [0.29, 0.717) is 0 Å². The minimum atomic E-state index is -4.26. The maximum atomic E-state index is 11.8. The number of hydrogen-bond donors (Lipinski definition) is 3. The van der Waals surface area contributed by atoms with Gasteiger partial charge < -0.3 is 10.8 Å². The van der Waals surface area contributed by atoms with Gasteiger partial charge in [0.25, 0.3) is 0 Å². The molecule has 1 unspecified atom stereocenters. The largest absolute Gasteiger partial charge is 0.389 e. The Balaban J connectivity index is 2.51. The number of aliphatic hydroxyl groups excluding tert-OH is 1. The fourth-order valence-corrected chi connectivity index (χ4v) is 1.03. The monoisotopic (exact) mass is 209 g/mol. The molecular weight excluding hydrogens is 199 g/mol. The molecule has 0 aliphatic heterocycles. The van der Waals surface area contributed by atoms with Gasteiger partial charge in [-0.25, -0.2) is 0 Å². The zero-order valence-electron chi connectivity index (χ0n) is 7.17. The van der Waals surface area contributed by atoms with E-state index in [-0.39, 0.29) is 11.4 Å². The third kappa shape index (κ3) is 2.91. The Morgan fingerprint density at radius 1 is 1.57 bits per heavy atom. The molecule has 0 fully saturated rings. The van der Waals surface area contributed by atoms with Crippen LogP contribution in [0.2, 0.25) is 0 Å². The lowest BCUT2D eigenvalue weighted by molar-refractivity contribution is -0.140. The van der Waals surface area contributed by atoms with Crippen LogP contribution in [0.15, 0.2) is 6.20 Å². The van der Waals surface area contributed by atoms with Crippen molar-refractivity contribution >= 4 is 5.82 Å². The van der Waals surface area contributed by atoms with Crippen molar-refractivity contribution in [1.82, 2.24) is 10.2 Å². The first kappa shape index (κ1) is 10.8. The van der Waals surface area contributed by atoms with Gasteiger partial charge in [-0.1, -0.05) is 0 Å². The molecule has 0 amide bonds. The lowest BCUT2D eigenvalue weighted by Gasteiger charge is -2.10. The Hall–Kier alpha value is -1.24. The zero-order chi connectivity index (χ0) is 10.8. The van der Waals surface area contributed by atoms with Crippen LogP contribution >= 0.6 is 0 Å². The van der Waals surface area contributed by atoms with Crippen molar-refractivity contribution in [2.24, 2.45) is 0 Å². The molecule has 1 rings (SSSR count). The molecular formula is C7H10F3N3O. The van der Waals surface area contributed by atoms with E-state index in [2.05, 4.69) is 10.2 Å². The number of anilines is 1. The van der Waals surface area contributed by atoms with Crippen molar-refractivity contribution in [3.05, 3.63) is 11.8 Å². The molecule has 0 bridgehead atoms. The Morgan fingerprint density at radius 2 is 2.21 bits per heavy atom. The van der Waals surface area contributed by atoms with Crippen molar-refractivity contribution in [1.29, 1.82) is 0 Å². The minimum absolute atomic E-state index is 0.0969. The van der Waals surface area contributed by atoms with Crippen LogP contribution in [-0.4, -0.2) is 21.5 Å². The molecule has 1 aromatic rings. The van der Waals surface area contributed by atoms with Crippen LogP contribution in [0.25, 0.3) is 0 Å². The number of nitrogens with zero attached hydrogens (tertiary/aromatic N) is 1. The summed E-state index contributed by atoms with van der Waals surface area (Å²) in [7, 11) is 0. The number of aromatic nitrogens is 2. The van der Waals surface area contributed by atoms with Gasteiger partial charge in [0, 0.05) is 12.0 Å². The Bertz CT molecular complexity index is 297. The van der Waals surface area contributed by atoms with Crippen LogP contribution in [0.1, 0.15) is 24.5 Å². The lowest BCUT2D eigenvalue weighted by Crippen LogP contribution is -2.10. The molecule has 1 atom stereocenters. The molecule has 7 heteroatoms. The topological polar surface area (TPSA) is 74.9 Å². The molecule has 4 N–H and O–H groups in total. The summed E-state index contributed by atoms with van der Waals surface area (Å²) in [5.74, 6) is 0.0969. The highest BCUT2D eigenvalue weighted by atomic mass is 19.4. The standard InChI is InChI=1S/C7H10F3N3O/c8-7(9,10)2-1-5(14)4-3-12-13-6(4)11/h3,5,14H,1-2H2,(H3,11,12,13). The summed E-state index contributed by atoms with van der Waals surface area (Å²) < 4.78 is 35.4. The van der Waals surface area contributed by atoms with Gasteiger partial charge in [-0.15, -0.1) is 0 Å². The van der Waals surface area contributed by atoms with E-state index >= 15 is 0 Å². The average molecular weight is 209 g/mol. The average Bonchev–Trinajstić information content (AvgIpc) is 2.46. The number of aromatic amines is 1. The highest BCUT2D eigenvalue weighted by Gasteiger charge is 2.28. The van der Waals surface area contributed by atoms with Gasteiger partial charge in [0.2, 0.25) is 0 Å². The van der Waals surface area contributed by atoms with E-state index in [9.17, 15) is 18.3 Å². The molecule has 0 saturated carbocycles. The number of halogens is 3. The number of aliphatic hydroxyl groups is 1. The van der Waals surface area contributed by atoms with Crippen molar-refractivity contribution in [3.8, 4) is 0 Å². The first-order valence-electron chi connectivity index (χ1n) is 3.93. The van der Waals surface area contributed by atoms with Crippen molar-refractivity contribution in [2.75, 3.05) is 5.73 Å². The molecule has 0 aromatic carbocycles. The highest BCUT2D eigenvalue weighted by Crippen LogP contribution is 2.28. The third-order valence-corrected chi connectivity index (χ3v) is 1.76. The van der Waals surface area contributed by atoms with Gasteiger partial charge in [0.05, 0.1) is 12.3 Å². The van der Waals surface area contributed by atoms with Crippen molar-refractivity contribution < 1.29 is 18.3 Å². The normalized spacial score (nSPS) is 14.3. The van der Waals surface area contributed by atoms with E-state index in [1.807, 2.05) is 0 Å². The molecule has 0 spiro atoms. The molecule has 0 aliphatic rings. The second-order valence-corrected chi connectivity index (χ2v) is 2.91. The molecule has 14 heavy (non-hydrogen) atoms. The number of hydrogen-bond acceptors (Lipinski definition) is 3. The predicted molar refractivity (Wildman–Crippen MR) is 43.2 cm³/mol. The van der Waals surface area contributed by atoms with Crippen LogP contribution in [0.5, 0.6) is 0 Å². The van der Waals surface area contributed by atoms with Gasteiger partial charge >= 0.3 is 6.18 Å². The number of nitrogens with two attached hydrogens (primary N) is 1. The van der Waals surface area contributed by atoms with E-state index in [1.165, 1.54) is 6.20 Å². The molecule has 1 aromatic heterocycles. The molecule has 0 radical (unpaired) electrons. The minimum Gasteiger partial charge on any atom is -0.388 e. The molecule has 0 saturated heterocycles. The predicted octanol–water partition coefficient (Wildman–Crippen LogP) is 1.37. The van der Waals surface area contributed by atoms with Crippen LogP contribution in [0, 0.1) is 0 Å². The molecule has 80 valence electrons. The summed E-state index contributed by atoms with van der Waals surface area (Å²) >= 11 is 0.